The molecule has 4 rings (SSSR count). The number of nitrogens with one attached hydrogen (secondary N) is 2. The van der Waals surface area contributed by atoms with E-state index in [-0.39, 0.29) is 12.5 Å². The first-order valence-corrected chi connectivity index (χ1v) is 9.27. The maximum Gasteiger partial charge on any atom is 0.251 e. The number of H-pyrrole nitrogens is 1. The Balaban J connectivity index is 1.60. The van der Waals surface area contributed by atoms with Crippen molar-refractivity contribution in [2.45, 2.75) is 13.0 Å². The number of rotatable bonds is 5. The Morgan fingerprint density at radius 2 is 1.90 bits per heavy atom. The molecule has 1 amide bonds. The van der Waals surface area contributed by atoms with Crippen molar-refractivity contribution in [3.63, 3.8) is 0 Å². The number of benzene rings is 3. The minimum Gasteiger partial charge on any atom is -0.394 e. The summed E-state index contributed by atoms with van der Waals surface area (Å²) in [5, 5.41) is 20.7. The number of aromatic nitrogens is 2. The topological polar surface area (TPSA) is 78.0 Å². The summed E-state index contributed by atoms with van der Waals surface area (Å²) in [6, 6.07) is 18.4. The third-order valence-electron chi connectivity index (χ3n) is 4.95. The standard InChI is InChI=1S/C23H20FN3O2/c1-14-20-12-16(8-9-21(20)27-26-14)15-4-2-6-18(10-15)23(29)25-22(13-28)17-5-3-7-19(24)11-17/h2-12,22,28H,13H2,1H3,(H,25,29)(H,26,27). The number of nitrogens with zero attached hydrogens (tertiary/aromatic N) is 1. The van der Waals surface area contributed by atoms with E-state index in [9.17, 15) is 14.3 Å². The van der Waals surface area contributed by atoms with Gasteiger partial charge in [-0.25, -0.2) is 4.39 Å². The van der Waals surface area contributed by atoms with Crippen LogP contribution in [0.25, 0.3) is 22.0 Å². The van der Waals surface area contributed by atoms with Crippen molar-refractivity contribution in [1.29, 1.82) is 0 Å². The molecule has 0 aliphatic rings. The highest BCUT2D eigenvalue weighted by Gasteiger charge is 2.16. The molecule has 1 atom stereocenters. The molecule has 29 heavy (non-hydrogen) atoms. The summed E-state index contributed by atoms with van der Waals surface area (Å²) in [5.74, 6) is -0.752. The molecule has 0 bridgehead atoms. The van der Waals surface area contributed by atoms with Gasteiger partial charge in [-0.05, 0) is 60.0 Å². The number of carbonyl (C=O) groups is 1. The van der Waals surface area contributed by atoms with Gasteiger partial charge in [-0.2, -0.15) is 5.10 Å². The molecule has 1 heterocycles. The van der Waals surface area contributed by atoms with Gasteiger partial charge in [-0.15, -0.1) is 0 Å². The van der Waals surface area contributed by atoms with Crippen molar-refractivity contribution in [2.24, 2.45) is 0 Å². The number of halogens is 1. The van der Waals surface area contributed by atoms with Crippen molar-refractivity contribution in [2.75, 3.05) is 6.61 Å². The van der Waals surface area contributed by atoms with Crippen LogP contribution in [-0.4, -0.2) is 27.8 Å². The zero-order valence-electron chi connectivity index (χ0n) is 15.8. The second-order valence-electron chi connectivity index (χ2n) is 6.91. The van der Waals surface area contributed by atoms with Gasteiger partial charge in [0.25, 0.3) is 5.91 Å². The van der Waals surface area contributed by atoms with Crippen LogP contribution >= 0.6 is 0 Å². The minimum atomic E-state index is -0.688. The van der Waals surface area contributed by atoms with E-state index in [4.69, 9.17) is 0 Å². The number of hydrogen-bond acceptors (Lipinski definition) is 3. The Kier molecular flexibility index (Phi) is 5.10. The van der Waals surface area contributed by atoms with E-state index in [1.165, 1.54) is 12.1 Å². The molecule has 0 aliphatic carbocycles. The van der Waals surface area contributed by atoms with E-state index >= 15 is 0 Å². The number of fused-ring (bicyclic) bond motifs is 1. The third kappa shape index (κ3) is 3.88. The molecule has 0 radical (unpaired) electrons. The molecular weight excluding hydrogens is 369 g/mol. The molecule has 1 unspecified atom stereocenters. The lowest BCUT2D eigenvalue weighted by Crippen LogP contribution is -2.30. The molecule has 3 aromatic carbocycles. The average molecular weight is 389 g/mol. The van der Waals surface area contributed by atoms with Crippen LogP contribution in [0.3, 0.4) is 0 Å². The largest absolute Gasteiger partial charge is 0.394 e. The predicted molar refractivity (Wildman–Crippen MR) is 110 cm³/mol. The maximum absolute atomic E-state index is 13.5. The zero-order chi connectivity index (χ0) is 20.4. The summed E-state index contributed by atoms with van der Waals surface area (Å²) in [6.45, 7) is 1.61. The lowest BCUT2D eigenvalue weighted by atomic mass is 10.0. The van der Waals surface area contributed by atoms with Crippen LogP contribution in [0, 0.1) is 12.7 Å². The second kappa shape index (κ2) is 7.85. The van der Waals surface area contributed by atoms with Crippen molar-refractivity contribution >= 4 is 16.8 Å². The fourth-order valence-electron chi connectivity index (χ4n) is 3.36. The Morgan fingerprint density at radius 3 is 2.69 bits per heavy atom. The summed E-state index contributed by atoms with van der Waals surface area (Å²) in [4.78, 5) is 12.7. The van der Waals surface area contributed by atoms with E-state index in [0.29, 0.717) is 11.1 Å². The molecule has 5 nitrogen and oxygen atoms in total. The molecule has 6 heteroatoms. The summed E-state index contributed by atoms with van der Waals surface area (Å²) in [5.41, 5.74) is 4.71. The summed E-state index contributed by atoms with van der Waals surface area (Å²) < 4.78 is 13.5. The maximum atomic E-state index is 13.5. The monoisotopic (exact) mass is 389 g/mol. The molecule has 3 N–H and O–H groups in total. The van der Waals surface area contributed by atoms with Crippen LogP contribution in [0.4, 0.5) is 4.39 Å². The Labute approximate surface area is 167 Å². The van der Waals surface area contributed by atoms with Crippen molar-refractivity contribution in [3.05, 3.63) is 89.4 Å². The number of aliphatic hydroxyl groups excluding tert-OH is 1. The molecule has 0 spiro atoms. The summed E-state index contributed by atoms with van der Waals surface area (Å²) >= 11 is 0. The molecule has 0 saturated carbocycles. The quantitative estimate of drug-likeness (QED) is 0.480. The SMILES string of the molecule is Cc1n[nH]c2ccc(-c3cccc(C(=O)NC(CO)c4cccc(F)c4)c3)cc12. The fourth-order valence-corrected chi connectivity index (χ4v) is 3.36. The van der Waals surface area contributed by atoms with Gasteiger partial charge in [0.2, 0.25) is 0 Å². The van der Waals surface area contributed by atoms with E-state index < -0.39 is 11.9 Å². The fraction of sp³-hybridized carbons (Fsp3) is 0.130. The normalized spacial score (nSPS) is 12.1. The molecule has 0 aliphatic heterocycles. The molecular formula is C23H20FN3O2. The number of amides is 1. The number of aromatic amines is 1. The van der Waals surface area contributed by atoms with Crippen molar-refractivity contribution < 1.29 is 14.3 Å². The number of hydrogen-bond donors (Lipinski definition) is 3. The van der Waals surface area contributed by atoms with Crippen molar-refractivity contribution in [1.82, 2.24) is 15.5 Å². The van der Waals surface area contributed by atoms with Gasteiger partial charge < -0.3 is 10.4 Å². The Bertz CT molecular complexity index is 1190. The second-order valence-corrected chi connectivity index (χ2v) is 6.91. The van der Waals surface area contributed by atoms with Gasteiger partial charge >= 0.3 is 0 Å². The average Bonchev–Trinajstić information content (AvgIpc) is 3.12. The van der Waals surface area contributed by atoms with Gasteiger partial charge in [-0.1, -0.05) is 30.3 Å². The van der Waals surface area contributed by atoms with Gasteiger partial charge in [0.1, 0.15) is 5.82 Å². The number of aliphatic hydroxyl groups is 1. The smallest absolute Gasteiger partial charge is 0.251 e. The van der Waals surface area contributed by atoms with E-state index in [0.717, 1.165) is 27.7 Å². The number of carbonyl (C=O) groups excluding carboxylic acids is 1. The predicted octanol–water partition coefficient (Wildman–Crippen LogP) is 4.14. The Morgan fingerprint density at radius 1 is 1.10 bits per heavy atom. The van der Waals surface area contributed by atoms with E-state index in [2.05, 4.69) is 15.5 Å². The van der Waals surface area contributed by atoms with Gasteiger partial charge in [0.15, 0.2) is 0 Å². The molecule has 4 aromatic rings. The highest BCUT2D eigenvalue weighted by Crippen LogP contribution is 2.26. The van der Waals surface area contributed by atoms with Gasteiger partial charge in [0, 0.05) is 10.9 Å². The van der Waals surface area contributed by atoms with E-state index in [1.807, 2.05) is 37.3 Å². The van der Waals surface area contributed by atoms with Crippen LogP contribution in [0.5, 0.6) is 0 Å². The molecule has 0 saturated heterocycles. The first kappa shape index (κ1) is 18.8. The van der Waals surface area contributed by atoms with Gasteiger partial charge in [-0.3, -0.25) is 9.89 Å². The first-order chi connectivity index (χ1) is 14.0. The summed E-state index contributed by atoms with van der Waals surface area (Å²) in [6.07, 6.45) is 0. The van der Waals surface area contributed by atoms with Crippen molar-refractivity contribution in [3.8, 4) is 11.1 Å². The lowest BCUT2D eigenvalue weighted by molar-refractivity contribution is 0.0916. The Hall–Kier alpha value is -3.51. The van der Waals surface area contributed by atoms with E-state index in [1.54, 1.807) is 24.3 Å². The van der Waals surface area contributed by atoms with Crippen LogP contribution in [0.1, 0.15) is 27.7 Å². The van der Waals surface area contributed by atoms with Crippen LogP contribution in [0.15, 0.2) is 66.7 Å². The highest BCUT2D eigenvalue weighted by atomic mass is 19.1. The molecule has 146 valence electrons. The zero-order valence-corrected chi connectivity index (χ0v) is 15.8. The first-order valence-electron chi connectivity index (χ1n) is 9.27. The minimum absolute atomic E-state index is 0.328. The lowest BCUT2D eigenvalue weighted by Gasteiger charge is -2.17. The van der Waals surface area contributed by atoms with Crippen LogP contribution < -0.4 is 5.32 Å². The highest BCUT2D eigenvalue weighted by molar-refractivity contribution is 5.96. The molecule has 1 aromatic heterocycles. The summed E-state index contributed by atoms with van der Waals surface area (Å²) in [7, 11) is 0. The molecule has 0 fully saturated rings. The van der Waals surface area contributed by atoms with Crippen LogP contribution in [0.2, 0.25) is 0 Å². The third-order valence-corrected chi connectivity index (χ3v) is 4.95. The van der Waals surface area contributed by atoms with Gasteiger partial charge in [0.05, 0.1) is 23.9 Å². The number of aryl methyl sites for hydroxylation is 1. The van der Waals surface area contributed by atoms with Crippen LogP contribution in [-0.2, 0) is 0 Å².